The SMILES string of the molecule is CCCN(C[C@@H]1COC[C@@H](O)[C@H]1O)C(=O)/C=C/c1cccc(C)c1. The fraction of sp³-hybridized carbons (Fsp3) is 0.526. The van der Waals surface area contributed by atoms with Crippen molar-refractivity contribution >= 4 is 12.0 Å². The molecule has 5 nitrogen and oxygen atoms in total. The van der Waals surface area contributed by atoms with E-state index in [1.54, 1.807) is 17.1 Å². The zero-order chi connectivity index (χ0) is 17.5. The van der Waals surface area contributed by atoms with Gasteiger partial charge in [0, 0.05) is 25.1 Å². The monoisotopic (exact) mass is 333 g/mol. The summed E-state index contributed by atoms with van der Waals surface area (Å²) in [4.78, 5) is 14.2. The summed E-state index contributed by atoms with van der Waals surface area (Å²) in [6.45, 7) is 5.50. The van der Waals surface area contributed by atoms with E-state index >= 15 is 0 Å². The van der Waals surface area contributed by atoms with Crippen molar-refractivity contribution in [1.82, 2.24) is 4.90 Å². The molecule has 1 fully saturated rings. The maximum Gasteiger partial charge on any atom is 0.246 e. The average molecular weight is 333 g/mol. The minimum absolute atomic E-state index is 0.0920. The molecule has 1 saturated heterocycles. The van der Waals surface area contributed by atoms with E-state index < -0.39 is 12.2 Å². The highest BCUT2D eigenvalue weighted by Crippen LogP contribution is 2.17. The van der Waals surface area contributed by atoms with Gasteiger partial charge in [-0.3, -0.25) is 4.79 Å². The smallest absolute Gasteiger partial charge is 0.246 e. The molecule has 1 amide bonds. The van der Waals surface area contributed by atoms with Crippen molar-refractivity contribution in [3.05, 3.63) is 41.5 Å². The van der Waals surface area contributed by atoms with Crippen molar-refractivity contribution in [3.63, 3.8) is 0 Å². The fourth-order valence-electron chi connectivity index (χ4n) is 2.90. The number of aliphatic hydroxyl groups excluding tert-OH is 2. The predicted octanol–water partition coefficient (Wildman–Crippen LogP) is 1.62. The first-order valence-corrected chi connectivity index (χ1v) is 8.48. The van der Waals surface area contributed by atoms with Crippen molar-refractivity contribution in [3.8, 4) is 0 Å². The van der Waals surface area contributed by atoms with Crippen molar-refractivity contribution in [1.29, 1.82) is 0 Å². The number of hydrogen-bond donors (Lipinski definition) is 2. The Bertz CT molecular complexity index is 572. The van der Waals surface area contributed by atoms with Crippen LogP contribution in [0, 0.1) is 12.8 Å². The minimum Gasteiger partial charge on any atom is -0.390 e. The van der Waals surface area contributed by atoms with E-state index in [4.69, 9.17) is 4.74 Å². The molecule has 1 heterocycles. The fourth-order valence-corrected chi connectivity index (χ4v) is 2.90. The van der Waals surface area contributed by atoms with Crippen LogP contribution in [0.25, 0.3) is 6.08 Å². The summed E-state index contributed by atoms with van der Waals surface area (Å²) in [6, 6.07) is 7.94. The maximum absolute atomic E-state index is 12.5. The number of aliphatic hydroxyl groups is 2. The molecule has 24 heavy (non-hydrogen) atoms. The Morgan fingerprint density at radius 1 is 1.38 bits per heavy atom. The molecule has 2 N–H and O–H groups in total. The molecule has 0 aliphatic carbocycles. The standard InChI is InChI=1S/C19H27NO4/c1-3-9-20(11-16-12-24-13-17(21)19(16)23)18(22)8-7-15-6-4-5-14(2)10-15/h4-8,10,16-17,19,21,23H,3,9,11-13H2,1-2H3/b8-7+/t16-,17-,19+/m1/s1. The number of nitrogens with zero attached hydrogens (tertiary/aromatic N) is 1. The molecular formula is C19H27NO4. The number of benzene rings is 1. The number of aryl methyl sites for hydroxylation is 1. The van der Waals surface area contributed by atoms with Crippen LogP contribution in [-0.2, 0) is 9.53 Å². The molecule has 0 spiro atoms. The van der Waals surface area contributed by atoms with Crippen molar-refractivity contribution in [2.24, 2.45) is 5.92 Å². The molecule has 3 atom stereocenters. The van der Waals surface area contributed by atoms with Crippen LogP contribution in [0.3, 0.4) is 0 Å². The second kappa shape index (κ2) is 8.97. The second-order valence-electron chi connectivity index (χ2n) is 6.39. The molecule has 0 saturated carbocycles. The Labute approximate surface area is 143 Å². The van der Waals surface area contributed by atoms with Gasteiger partial charge in [0.25, 0.3) is 0 Å². The highest BCUT2D eigenvalue weighted by molar-refractivity contribution is 5.91. The van der Waals surface area contributed by atoms with E-state index in [1.807, 2.05) is 38.1 Å². The third-order valence-corrected chi connectivity index (χ3v) is 4.22. The van der Waals surface area contributed by atoms with Crippen LogP contribution in [-0.4, -0.2) is 59.5 Å². The first-order chi connectivity index (χ1) is 11.5. The summed E-state index contributed by atoms with van der Waals surface area (Å²) >= 11 is 0. The summed E-state index contributed by atoms with van der Waals surface area (Å²) in [7, 11) is 0. The molecule has 0 bridgehead atoms. The van der Waals surface area contributed by atoms with Crippen LogP contribution < -0.4 is 0 Å². The summed E-state index contributed by atoms with van der Waals surface area (Å²) in [5.41, 5.74) is 2.13. The summed E-state index contributed by atoms with van der Waals surface area (Å²) in [6.07, 6.45) is 2.46. The molecule has 0 radical (unpaired) electrons. The first kappa shape index (κ1) is 18.6. The molecular weight excluding hydrogens is 306 g/mol. The molecule has 1 aliphatic heterocycles. The highest BCUT2D eigenvalue weighted by atomic mass is 16.5. The molecule has 5 heteroatoms. The van der Waals surface area contributed by atoms with Crippen molar-refractivity contribution in [2.75, 3.05) is 26.3 Å². The molecule has 132 valence electrons. The van der Waals surface area contributed by atoms with Gasteiger partial charge in [-0.2, -0.15) is 0 Å². The lowest BCUT2D eigenvalue weighted by molar-refractivity contribution is -0.138. The van der Waals surface area contributed by atoms with Gasteiger partial charge in [-0.25, -0.2) is 0 Å². The van der Waals surface area contributed by atoms with Crippen LogP contribution in [0.4, 0.5) is 0 Å². The second-order valence-corrected chi connectivity index (χ2v) is 6.39. The van der Waals surface area contributed by atoms with Gasteiger partial charge in [0.05, 0.1) is 19.3 Å². The molecule has 2 rings (SSSR count). The van der Waals surface area contributed by atoms with Gasteiger partial charge in [-0.1, -0.05) is 36.8 Å². The molecule has 0 unspecified atom stereocenters. The average Bonchev–Trinajstić information content (AvgIpc) is 2.56. The zero-order valence-corrected chi connectivity index (χ0v) is 14.4. The normalized spacial score (nSPS) is 24.2. The lowest BCUT2D eigenvalue weighted by Crippen LogP contribution is -2.49. The van der Waals surface area contributed by atoms with Crippen LogP contribution in [0.15, 0.2) is 30.3 Å². The van der Waals surface area contributed by atoms with Gasteiger partial charge in [-0.15, -0.1) is 0 Å². The van der Waals surface area contributed by atoms with Crippen molar-refractivity contribution in [2.45, 2.75) is 32.5 Å². The molecule has 1 aliphatic rings. The third-order valence-electron chi connectivity index (χ3n) is 4.22. The summed E-state index contributed by atoms with van der Waals surface area (Å²) in [5, 5.41) is 19.8. The number of carbonyl (C=O) groups is 1. The van der Waals surface area contributed by atoms with Gasteiger partial charge >= 0.3 is 0 Å². The van der Waals surface area contributed by atoms with Gasteiger partial charge in [0.2, 0.25) is 5.91 Å². The van der Waals surface area contributed by atoms with E-state index in [0.29, 0.717) is 19.7 Å². The lowest BCUT2D eigenvalue weighted by Gasteiger charge is -2.35. The number of amides is 1. The van der Waals surface area contributed by atoms with Crippen LogP contribution in [0.1, 0.15) is 24.5 Å². The Morgan fingerprint density at radius 3 is 2.88 bits per heavy atom. The van der Waals surface area contributed by atoms with Crippen LogP contribution >= 0.6 is 0 Å². The van der Waals surface area contributed by atoms with E-state index in [1.165, 1.54) is 0 Å². The first-order valence-electron chi connectivity index (χ1n) is 8.48. The highest BCUT2D eigenvalue weighted by Gasteiger charge is 2.33. The van der Waals surface area contributed by atoms with Gasteiger partial charge in [0.15, 0.2) is 0 Å². The molecule has 1 aromatic rings. The number of hydrogen-bond acceptors (Lipinski definition) is 4. The third kappa shape index (κ3) is 5.16. The van der Waals surface area contributed by atoms with E-state index in [2.05, 4.69) is 0 Å². The zero-order valence-electron chi connectivity index (χ0n) is 14.4. The topological polar surface area (TPSA) is 70.0 Å². The van der Waals surface area contributed by atoms with Crippen LogP contribution in [0.2, 0.25) is 0 Å². The quantitative estimate of drug-likeness (QED) is 0.776. The molecule has 1 aromatic carbocycles. The summed E-state index contributed by atoms with van der Waals surface area (Å²) < 4.78 is 5.30. The molecule has 0 aromatic heterocycles. The van der Waals surface area contributed by atoms with E-state index in [0.717, 1.165) is 17.5 Å². The van der Waals surface area contributed by atoms with Gasteiger partial charge in [0.1, 0.15) is 6.10 Å². The Kier molecular flexibility index (Phi) is 6.97. The number of rotatable bonds is 6. The van der Waals surface area contributed by atoms with E-state index in [9.17, 15) is 15.0 Å². The maximum atomic E-state index is 12.5. The van der Waals surface area contributed by atoms with Crippen molar-refractivity contribution < 1.29 is 19.7 Å². The largest absolute Gasteiger partial charge is 0.390 e. The minimum atomic E-state index is -0.884. The lowest BCUT2D eigenvalue weighted by atomic mass is 9.96. The van der Waals surface area contributed by atoms with Gasteiger partial charge < -0.3 is 19.8 Å². The van der Waals surface area contributed by atoms with E-state index in [-0.39, 0.29) is 18.4 Å². The Balaban J connectivity index is 2.02. The predicted molar refractivity (Wildman–Crippen MR) is 93.4 cm³/mol. The number of ether oxygens (including phenoxy) is 1. The summed E-state index contributed by atoms with van der Waals surface area (Å²) in [5.74, 6) is -0.359. The number of carbonyl (C=O) groups excluding carboxylic acids is 1. The Morgan fingerprint density at radius 2 is 2.17 bits per heavy atom. The van der Waals surface area contributed by atoms with Crippen LogP contribution in [0.5, 0.6) is 0 Å². The Hall–Kier alpha value is -1.69. The van der Waals surface area contributed by atoms with Gasteiger partial charge in [-0.05, 0) is 25.0 Å².